The molecule has 2 aromatic carbocycles. The van der Waals surface area contributed by atoms with Crippen molar-refractivity contribution >= 4 is 23.6 Å². The zero-order valence-electron chi connectivity index (χ0n) is 16.1. The monoisotopic (exact) mass is 427 g/mol. The molecule has 30 heavy (non-hydrogen) atoms. The zero-order valence-corrected chi connectivity index (χ0v) is 16.9. The van der Waals surface area contributed by atoms with E-state index in [0.717, 1.165) is 21.9 Å². The Hall–Kier alpha value is -3.19. The quantitative estimate of drug-likeness (QED) is 0.242. The molecule has 3 aromatic rings. The van der Waals surface area contributed by atoms with Crippen molar-refractivity contribution in [3.8, 4) is 11.5 Å². The van der Waals surface area contributed by atoms with Crippen molar-refractivity contribution in [2.24, 2.45) is 0 Å². The van der Waals surface area contributed by atoms with E-state index in [1.807, 2.05) is 36.4 Å². The lowest BCUT2D eigenvalue weighted by molar-refractivity contribution is -0.0498. The van der Waals surface area contributed by atoms with E-state index in [-0.39, 0.29) is 11.5 Å². The number of ether oxygens (including phenoxy) is 2. The molecular formula is C23H19F2NO3S. The van der Waals surface area contributed by atoms with Gasteiger partial charge in [-0.15, -0.1) is 11.8 Å². The first kappa shape index (κ1) is 21.5. The molecule has 1 heterocycles. The Labute approximate surface area is 177 Å². The molecule has 0 saturated heterocycles. The van der Waals surface area contributed by atoms with Crippen LogP contribution in [-0.4, -0.2) is 24.5 Å². The van der Waals surface area contributed by atoms with Crippen LogP contribution in [0, 0.1) is 0 Å². The number of aromatic nitrogens is 1. The molecule has 0 saturated carbocycles. The zero-order chi connectivity index (χ0) is 21.3. The van der Waals surface area contributed by atoms with Gasteiger partial charge in [0.05, 0.1) is 12.1 Å². The Kier molecular flexibility index (Phi) is 7.57. The molecule has 0 fully saturated rings. The summed E-state index contributed by atoms with van der Waals surface area (Å²) in [5.74, 6) is 1.20. The fourth-order valence-electron chi connectivity index (χ4n) is 2.67. The van der Waals surface area contributed by atoms with E-state index in [4.69, 9.17) is 4.74 Å². The third-order valence-corrected chi connectivity index (χ3v) is 5.10. The summed E-state index contributed by atoms with van der Waals surface area (Å²) in [5, 5.41) is 0.912. The standard InChI is InChI=1S/C23H19F2NO3S/c1-28-21-12-6-16(14-18(21)15-30-22-4-2-3-13-26-22)5-11-20(27)17-7-9-19(10-8-17)29-23(24)25/h2-14,23H,15H2,1H3/b11-5+. The van der Waals surface area contributed by atoms with Gasteiger partial charge in [-0.2, -0.15) is 8.78 Å². The predicted octanol–water partition coefficient (Wildman–Crippen LogP) is 5.88. The van der Waals surface area contributed by atoms with Gasteiger partial charge in [0, 0.05) is 23.1 Å². The highest BCUT2D eigenvalue weighted by Gasteiger charge is 2.08. The van der Waals surface area contributed by atoms with Crippen LogP contribution in [0.15, 0.2) is 78.0 Å². The molecule has 0 radical (unpaired) electrons. The molecule has 0 spiro atoms. The molecule has 0 aliphatic carbocycles. The molecule has 0 amide bonds. The highest BCUT2D eigenvalue weighted by Crippen LogP contribution is 2.28. The molecular weight excluding hydrogens is 408 g/mol. The highest BCUT2D eigenvalue weighted by molar-refractivity contribution is 7.98. The molecule has 0 bridgehead atoms. The maximum atomic E-state index is 12.4. The van der Waals surface area contributed by atoms with Gasteiger partial charge in [-0.3, -0.25) is 4.79 Å². The molecule has 1 aromatic heterocycles. The lowest BCUT2D eigenvalue weighted by atomic mass is 10.1. The Morgan fingerprint density at radius 1 is 1.13 bits per heavy atom. The molecule has 0 atom stereocenters. The second-order valence-corrected chi connectivity index (χ2v) is 7.12. The van der Waals surface area contributed by atoms with E-state index in [9.17, 15) is 13.6 Å². The summed E-state index contributed by atoms with van der Waals surface area (Å²) in [5.41, 5.74) is 2.21. The normalized spacial score (nSPS) is 11.1. The lowest BCUT2D eigenvalue weighted by Crippen LogP contribution is -2.02. The fourth-order valence-corrected chi connectivity index (χ4v) is 3.51. The smallest absolute Gasteiger partial charge is 0.387 e. The van der Waals surface area contributed by atoms with Crippen molar-refractivity contribution in [1.29, 1.82) is 0 Å². The summed E-state index contributed by atoms with van der Waals surface area (Å²) >= 11 is 1.59. The minimum Gasteiger partial charge on any atom is -0.496 e. The number of ketones is 1. The molecule has 0 aliphatic rings. The van der Waals surface area contributed by atoms with E-state index in [0.29, 0.717) is 11.3 Å². The van der Waals surface area contributed by atoms with Gasteiger partial charge < -0.3 is 9.47 Å². The molecule has 0 unspecified atom stereocenters. The lowest BCUT2D eigenvalue weighted by Gasteiger charge is -2.09. The van der Waals surface area contributed by atoms with Crippen LogP contribution in [0.5, 0.6) is 11.5 Å². The van der Waals surface area contributed by atoms with Crippen molar-refractivity contribution in [2.75, 3.05) is 7.11 Å². The Bertz CT molecular complexity index is 1010. The molecule has 3 rings (SSSR count). The van der Waals surface area contributed by atoms with Gasteiger partial charge in [0.2, 0.25) is 0 Å². The number of thioether (sulfide) groups is 1. The number of benzene rings is 2. The van der Waals surface area contributed by atoms with Crippen LogP contribution in [0.1, 0.15) is 21.5 Å². The second-order valence-electron chi connectivity index (χ2n) is 6.13. The number of halogens is 2. The number of nitrogens with zero attached hydrogens (tertiary/aromatic N) is 1. The van der Waals surface area contributed by atoms with Gasteiger partial charge in [-0.25, -0.2) is 4.98 Å². The number of rotatable bonds is 9. The third-order valence-electron chi connectivity index (χ3n) is 4.11. The SMILES string of the molecule is COc1ccc(/C=C/C(=O)c2ccc(OC(F)F)cc2)cc1CSc1ccccn1. The fraction of sp³-hybridized carbons (Fsp3) is 0.130. The van der Waals surface area contributed by atoms with Gasteiger partial charge in [0.15, 0.2) is 5.78 Å². The van der Waals surface area contributed by atoms with E-state index >= 15 is 0 Å². The molecule has 4 nitrogen and oxygen atoms in total. The molecule has 0 aliphatic heterocycles. The summed E-state index contributed by atoms with van der Waals surface area (Å²) in [7, 11) is 1.62. The van der Waals surface area contributed by atoms with Crippen molar-refractivity contribution in [1.82, 2.24) is 4.98 Å². The molecule has 154 valence electrons. The van der Waals surface area contributed by atoms with Gasteiger partial charge in [-0.05, 0) is 60.2 Å². The highest BCUT2D eigenvalue weighted by atomic mass is 32.2. The van der Waals surface area contributed by atoms with Crippen LogP contribution in [0.3, 0.4) is 0 Å². The van der Waals surface area contributed by atoms with Gasteiger partial charge in [-0.1, -0.05) is 18.2 Å². The number of methoxy groups -OCH3 is 1. The topological polar surface area (TPSA) is 48.4 Å². The van der Waals surface area contributed by atoms with Crippen molar-refractivity contribution in [3.63, 3.8) is 0 Å². The first-order valence-corrected chi connectivity index (χ1v) is 10.0. The maximum absolute atomic E-state index is 12.4. The number of carbonyl (C=O) groups excluding carboxylic acids is 1. The summed E-state index contributed by atoms with van der Waals surface area (Å²) in [6, 6.07) is 17.0. The summed E-state index contributed by atoms with van der Waals surface area (Å²) in [4.78, 5) is 16.7. The molecule has 0 N–H and O–H groups in total. The first-order valence-electron chi connectivity index (χ1n) is 9.03. The second kappa shape index (κ2) is 10.5. The van der Waals surface area contributed by atoms with Crippen LogP contribution in [-0.2, 0) is 5.75 Å². The number of carbonyl (C=O) groups is 1. The van der Waals surface area contributed by atoms with Crippen molar-refractivity contribution < 1.29 is 23.0 Å². The first-order chi connectivity index (χ1) is 14.5. The average molecular weight is 427 g/mol. The number of pyridine rings is 1. The minimum atomic E-state index is -2.90. The third kappa shape index (κ3) is 6.15. The summed E-state index contributed by atoms with van der Waals surface area (Å²) in [6.45, 7) is -2.90. The van der Waals surface area contributed by atoms with Crippen LogP contribution in [0.2, 0.25) is 0 Å². The average Bonchev–Trinajstić information content (AvgIpc) is 2.77. The van der Waals surface area contributed by atoms with Gasteiger partial charge >= 0.3 is 6.61 Å². The van der Waals surface area contributed by atoms with Crippen molar-refractivity contribution in [2.45, 2.75) is 17.4 Å². The molecule has 7 heteroatoms. The minimum absolute atomic E-state index is 0.00994. The maximum Gasteiger partial charge on any atom is 0.387 e. The van der Waals surface area contributed by atoms with Crippen LogP contribution >= 0.6 is 11.8 Å². The summed E-state index contributed by atoms with van der Waals surface area (Å²) in [6.07, 6.45) is 4.90. The van der Waals surface area contributed by atoms with E-state index < -0.39 is 6.61 Å². The van der Waals surface area contributed by atoms with E-state index in [1.54, 1.807) is 31.1 Å². The number of allylic oxidation sites excluding steroid dienone is 1. The largest absolute Gasteiger partial charge is 0.496 e. The van der Waals surface area contributed by atoms with E-state index in [2.05, 4.69) is 9.72 Å². The number of hydrogen-bond donors (Lipinski definition) is 0. The van der Waals surface area contributed by atoms with Crippen LogP contribution in [0.4, 0.5) is 8.78 Å². The van der Waals surface area contributed by atoms with Crippen LogP contribution < -0.4 is 9.47 Å². The Balaban J connectivity index is 1.69. The van der Waals surface area contributed by atoms with Crippen molar-refractivity contribution in [3.05, 3.63) is 89.6 Å². The predicted molar refractivity (Wildman–Crippen MR) is 113 cm³/mol. The number of hydrogen-bond acceptors (Lipinski definition) is 5. The Morgan fingerprint density at radius 3 is 2.60 bits per heavy atom. The Morgan fingerprint density at radius 2 is 1.93 bits per heavy atom. The number of alkyl halides is 2. The summed E-state index contributed by atoms with van der Waals surface area (Å²) < 4.78 is 34.1. The van der Waals surface area contributed by atoms with Gasteiger partial charge in [0.25, 0.3) is 0 Å². The van der Waals surface area contributed by atoms with Gasteiger partial charge in [0.1, 0.15) is 11.5 Å². The van der Waals surface area contributed by atoms with Crippen LogP contribution in [0.25, 0.3) is 6.08 Å². The van der Waals surface area contributed by atoms with E-state index in [1.165, 1.54) is 30.3 Å².